The molecule has 32 heavy (non-hydrogen) atoms. The predicted octanol–water partition coefficient (Wildman–Crippen LogP) is 2.29. The molecule has 0 spiro atoms. The third kappa shape index (κ3) is 3.75. The number of guanidine groups is 1. The summed E-state index contributed by atoms with van der Waals surface area (Å²) in [6, 6.07) is 5.69. The molecule has 4 N–H and O–H groups in total. The van der Waals surface area contributed by atoms with Crippen molar-refractivity contribution in [2.24, 2.45) is 16.6 Å². The molecule has 2 aromatic rings. The van der Waals surface area contributed by atoms with E-state index in [0.29, 0.717) is 29.8 Å². The molecular weight excluding hydrogens is 416 g/mol. The van der Waals surface area contributed by atoms with Crippen LogP contribution >= 0.6 is 0 Å². The van der Waals surface area contributed by atoms with Crippen LogP contribution in [0.25, 0.3) is 5.69 Å². The van der Waals surface area contributed by atoms with Gasteiger partial charge in [0.15, 0.2) is 11.5 Å². The zero-order valence-corrected chi connectivity index (χ0v) is 18.0. The standard InChI is InChI=1S/C21H27F2N9/c1-12-7-14(8-13(2)32(12)16-4-5-16)21(24)19(23)10-25-20(28-21)27-15-3-6-17(22)18(9-15)31-11-26-29-30-31/h3,6,9-14,16H,4-5,7-8,24H2,1-2H3,(H2,25,27,28). The molecule has 0 bridgehead atoms. The van der Waals surface area contributed by atoms with Crippen molar-refractivity contribution >= 4 is 11.6 Å². The van der Waals surface area contributed by atoms with Gasteiger partial charge in [-0.05, 0) is 68.2 Å². The van der Waals surface area contributed by atoms with Gasteiger partial charge in [-0.15, -0.1) is 5.10 Å². The first-order chi connectivity index (χ1) is 15.3. The second kappa shape index (κ2) is 7.89. The number of hydrogen-bond donors (Lipinski definition) is 3. The van der Waals surface area contributed by atoms with E-state index < -0.39 is 17.3 Å². The quantitative estimate of drug-likeness (QED) is 0.665. The maximum absolute atomic E-state index is 15.0. The average molecular weight is 444 g/mol. The summed E-state index contributed by atoms with van der Waals surface area (Å²) in [5.74, 6) is -0.803. The molecule has 3 atom stereocenters. The average Bonchev–Trinajstić information content (AvgIpc) is 3.43. The summed E-state index contributed by atoms with van der Waals surface area (Å²) in [6.45, 7) is 4.38. The van der Waals surface area contributed by atoms with E-state index in [-0.39, 0.29) is 11.6 Å². The molecular formula is C21H27F2N9. The Labute approximate surface area is 184 Å². The van der Waals surface area contributed by atoms with Crippen LogP contribution in [-0.4, -0.2) is 54.9 Å². The number of anilines is 1. The molecule has 0 radical (unpaired) electrons. The Kier molecular flexibility index (Phi) is 5.17. The molecule has 2 fully saturated rings. The summed E-state index contributed by atoms with van der Waals surface area (Å²) in [5.41, 5.74) is 5.85. The lowest BCUT2D eigenvalue weighted by molar-refractivity contribution is 0.0373. The van der Waals surface area contributed by atoms with Gasteiger partial charge in [-0.25, -0.2) is 13.8 Å². The first-order valence-electron chi connectivity index (χ1n) is 10.9. The normalized spacial score (nSPS) is 31.0. The van der Waals surface area contributed by atoms with Crippen molar-refractivity contribution in [1.82, 2.24) is 30.4 Å². The number of halogens is 2. The Hall–Kier alpha value is -2.92. The Morgan fingerprint density at radius 1 is 1.19 bits per heavy atom. The molecule has 1 aromatic carbocycles. The molecule has 1 saturated heterocycles. The summed E-state index contributed by atoms with van der Waals surface area (Å²) in [7, 11) is 0. The molecule has 3 unspecified atom stereocenters. The van der Waals surface area contributed by atoms with Crippen LogP contribution in [0.1, 0.15) is 39.5 Å². The summed E-state index contributed by atoms with van der Waals surface area (Å²) in [6.07, 6.45) is 6.58. The first-order valence-corrected chi connectivity index (χ1v) is 10.9. The lowest BCUT2D eigenvalue weighted by Gasteiger charge is -2.47. The van der Waals surface area contributed by atoms with E-state index in [4.69, 9.17) is 5.73 Å². The fourth-order valence-electron chi connectivity index (χ4n) is 5.09. The fourth-order valence-corrected chi connectivity index (χ4v) is 5.09. The Morgan fingerprint density at radius 2 is 1.94 bits per heavy atom. The van der Waals surface area contributed by atoms with Crippen LogP contribution in [0.15, 0.2) is 41.5 Å². The SMILES string of the molecule is CC1CC(C2(N)N=C(Nc3ccc(F)c(-n4cnnn4)c3)NC=C2F)CC(C)N1C1CC1. The molecule has 3 heterocycles. The third-order valence-electron chi connectivity index (χ3n) is 6.68. The minimum atomic E-state index is -1.45. The summed E-state index contributed by atoms with van der Waals surface area (Å²) < 4.78 is 30.4. The highest BCUT2D eigenvalue weighted by atomic mass is 19.1. The van der Waals surface area contributed by atoms with Crippen LogP contribution in [0.4, 0.5) is 14.5 Å². The van der Waals surface area contributed by atoms with Crippen molar-refractivity contribution in [1.29, 1.82) is 0 Å². The molecule has 1 saturated carbocycles. The number of nitrogens with two attached hydrogens (primary N) is 1. The van der Waals surface area contributed by atoms with E-state index in [0.717, 1.165) is 12.8 Å². The van der Waals surface area contributed by atoms with E-state index in [2.05, 4.69) is 49.9 Å². The lowest BCUT2D eigenvalue weighted by Crippen LogP contribution is -2.58. The van der Waals surface area contributed by atoms with Gasteiger partial charge in [0, 0.05) is 35.9 Å². The molecule has 170 valence electrons. The second-order valence-electron chi connectivity index (χ2n) is 9.01. The van der Waals surface area contributed by atoms with Gasteiger partial charge in [-0.2, -0.15) is 4.68 Å². The van der Waals surface area contributed by atoms with Crippen molar-refractivity contribution in [2.45, 2.75) is 63.3 Å². The van der Waals surface area contributed by atoms with E-state index in [1.54, 1.807) is 12.1 Å². The fraction of sp³-hybridized carbons (Fsp3) is 0.524. The van der Waals surface area contributed by atoms with Crippen molar-refractivity contribution in [3.63, 3.8) is 0 Å². The van der Waals surface area contributed by atoms with Gasteiger partial charge in [-0.3, -0.25) is 4.90 Å². The minimum Gasteiger partial charge on any atom is -0.330 e. The molecule has 3 aliphatic rings. The van der Waals surface area contributed by atoms with Crippen LogP contribution in [0.2, 0.25) is 0 Å². The highest BCUT2D eigenvalue weighted by Gasteiger charge is 2.48. The topological polar surface area (TPSA) is 109 Å². The van der Waals surface area contributed by atoms with Crippen LogP contribution in [0.3, 0.4) is 0 Å². The van der Waals surface area contributed by atoms with Crippen molar-refractivity contribution in [3.05, 3.63) is 42.4 Å². The predicted molar refractivity (Wildman–Crippen MR) is 116 cm³/mol. The summed E-state index contributed by atoms with van der Waals surface area (Å²) >= 11 is 0. The lowest BCUT2D eigenvalue weighted by atomic mass is 9.78. The Balaban J connectivity index is 1.38. The third-order valence-corrected chi connectivity index (χ3v) is 6.68. The van der Waals surface area contributed by atoms with E-state index >= 15 is 4.39 Å². The number of benzene rings is 1. The van der Waals surface area contributed by atoms with Crippen LogP contribution in [-0.2, 0) is 0 Å². The number of tetrazole rings is 1. The van der Waals surface area contributed by atoms with Crippen molar-refractivity contribution in [2.75, 3.05) is 5.32 Å². The number of likely N-dealkylation sites (tertiary alicyclic amines) is 1. The largest absolute Gasteiger partial charge is 0.330 e. The smallest absolute Gasteiger partial charge is 0.202 e. The number of rotatable bonds is 4. The molecule has 0 amide bonds. The molecule has 5 rings (SSSR count). The molecule has 1 aromatic heterocycles. The molecule has 2 aliphatic heterocycles. The Morgan fingerprint density at radius 3 is 2.59 bits per heavy atom. The number of nitrogens with one attached hydrogen (secondary N) is 2. The Bertz CT molecular complexity index is 1040. The van der Waals surface area contributed by atoms with Gasteiger partial charge >= 0.3 is 0 Å². The number of piperidine rings is 1. The number of aromatic nitrogens is 4. The van der Waals surface area contributed by atoms with E-state index in [1.165, 1.54) is 36.1 Å². The molecule has 9 nitrogen and oxygen atoms in total. The van der Waals surface area contributed by atoms with Gasteiger partial charge in [0.1, 0.15) is 17.8 Å². The molecule has 1 aliphatic carbocycles. The van der Waals surface area contributed by atoms with Crippen LogP contribution < -0.4 is 16.4 Å². The number of aliphatic imine (C=N–C) groups is 1. The van der Waals surface area contributed by atoms with Crippen LogP contribution in [0.5, 0.6) is 0 Å². The van der Waals surface area contributed by atoms with E-state index in [9.17, 15) is 4.39 Å². The second-order valence-corrected chi connectivity index (χ2v) is 9.01. The zero-order chi connectivity index (χ0) is 22.5. The molecule has 11 heteroatoms. The maximum Gasteiger partial charge on any atom is 0.202 e. The van der Waals surface area contributed by atoms with Gasteiger partial charge in [0.05, 0.1) is 0 Å². The van der Waals surface area contributed by atoms with Gasteiger partial charge in [-0.1, -0.05) is 0 Å². The minimum absolute atomic E-state index is 0.136. The van der Waals surface area contributed by atoms with Gasteiger partial charge in [0.25, 0.3) is 0 Å². The first kappa shape index (κ1) is 21.0. The highest BCUT2D eigenvalue weighted by molar-refractivity contribution is 5.95. The monoisotopic (exact) mass is 443 g/mol. The highest BCUT2D eigenvalue weighted by Crippen LogP contribution is 2.43. The van der Waals surface area contributed by atoms with Gasteiger partial charge < -0.3 is 16.4 Å². The van der Waals surface area contributed by atoms with Crippen LogP contribution in [0, 0.1) is 11.7 Å². The van der Waals surface area contributed by atoms with E-state index in [1.807, 2.05) is 0 Å². The number of hydrogen-bond acceptors (Lipinski definition) is 8. The summed E-state index contributed by atoms with van der Waals surface area (Å²) in [5, 5.41) is 16.7. The maximum atomic E-state index is 15.0. The number of nitrogens with zero attached hydrogens (tertiary/aromatic N) is 6. The summed E-state index contributed by atoms with van der Waals surface area (Å²) in [4.78, 5) is 7.10. The van der Waals surface area contributed by atoms with Gasteiger partial charge in [0.2, 0.25) is 5.96 Å². The van der Waals surface area contributed by atoms with Crippen molar-refractivity contribution < 1.29 is 8.78 Å². The zero-order valence-electron chi connectivity index (χ0n) is 18.0. The van der Waals surface area contributed by atoms with Crippen molar-refractivity contribution in [3.8, 4) is 5.69 Å².